The van der Waals surface area contributed by atoms with Gasteiger partial charge in [0.25, 0.3) is 0 Å². The highest BCUT2D eigenvalue weighted by atomic mass is 32.2. The van der Waals surface area contributed by atoms with Crippen molar-refractivity contribution >= 4 is 10.0 Å². The van der Waals surface area contributed by atoms with Gasteiger partial charge in [-0.25, -0.2) is 13.1 Å². The van der Waals surface area contributed by atoms with E-state index >= 15 is 0 Å². The molecule has 0 saturated carbocycles. The molecule has 5 heteroatoms. The van der Waals surface area contributed by atoms with E-state index in [2.05, 4.69) is 4.72 Å². The first kappa shape index (κ1) is 15.8. The predicted octanol–water partition coefficient (Wildman–Crippen LogP) is 3.11. The number of furan rings is 1. The van der Waals surface area contributed by atoms with Gasteiger partial charge in [-0.1, -0.05) is 17.7 Å². The maximum absolute atomic E-state index is 12.6. The summed E-state index contributed by atoms with van der Waals surface area (Å²) >= 11 is 0. The lowest BCUT2D eigenvalue weighted by Gasteiger charge is -2.16. The molecule has 2 rings (SSSR count). The molecule has 1 aromatic carbocycles. The van der Waals surface area contributed by atoms with E-state index in [1.807, 2.05) is 45.9 Å². The Morgan fingerprint density at radius 1 is 1.19 bits per heavy atom. The zero-order valence-corrected chi connectivity index (χ0v) is 13.6. The molecule has 0 spiro atoms. The Bertz CT molecular complexity index is 695. The lowest BCUT2D eigenvalue weighted by Crippen LogP contribution is -2.34. The second-order valence-corrected chi connectivity index (χ2v) is 7.18. The topological polar surface area (TPSA) is 59.3 Å². The van der Waals surface area contributed by atoms with Gasteiger partial charge in [-0.05, 0) is 51.0 Å². The fourth-order valence-corrected chi connectivity index (χ4v) is 4.38. The van der Waals surface area contributed by atoms with E-state index in [-0.39, 0.29) is 6.04 Å². The van der Waals surface area contributed by atoms with Crippen molar-refractivity contribution in [1.29, 1.82) is 0 Å². The van der Waals surface area contributed by atoms with E-state index in [4.69, 9.17) is 4.42 Å². The van der Waals surface area contributed by atoms with Crippen LogP contribution in [0.25, 0.3) is 0 Å². The Balaban J connectivity index is 2.22. The van der Waals surface area contributed by atoms with Crippen LogP contribution in [0.5, 0.6) is 0 Å². The van der Waals surface area contributed by atoms with Crippen LogP contribution >= 0.6 is 0 Å². The van der Waals surface area contributed by atoms with Gasteiger partial charge in [0.2, 0.25) is 10.0 Å². The van der Waals surface area contributed by atoms with Crippen molar-refractivity contribution < 1.29 is 12.8 Å². The highest BCUT2D eigenvalue weighted by molar-refractivity contribution is 7.89. The summed E-state index contributed by atoms with van der Waals surface area (Å²) in [5.74, 6) is 0.766. The summed E-state index contributed by atoms with van der Waals surface area (Å²) in [5, 5.41) is 0. The van der Waals surface area contributed by atoms with Crippen LogP contribution in [-0.2, 0) is 16.4 Å². The largest absolute Gasteiger partial charge is 0.469 e. The molecule has 114 valence electrons. The number of hydrogen-bond donors (Lipinski definition) is 1. The van der Waals surface area contributed by atoms with Gasteiger partial charge in [0.05, 0.1) is 11.2 Å². The number of nitrogens with one attached hydrogen (secondary N) is 1. The van der Waals surface area contributed by atoms with Gasteiger partial charge in [0.15, 0.2) is 0 Å². The summed E-state index contributed by atoms with van der Waals surface area (Å²) in [5.41, 5.74) is 2.60. The summed E-state index contributed by atoms with van der Waals surface area (Å²) in [6, 6.07) is 7.18. The van der Waals surface area contributed by atoms with Gasteiger partial charge in [-0.3, -0.25) is 0 Å². The van der Waals surface area contributed by atoms with Crippen molar-refractivity contribution in [3.05, 3.63) is 53.0 Å². The van der Waals surface area contributed by atoms with Crippen LogP contribution < -0.4 is 4.72 Å². The predicted molar refractivity (Wildman–Crippen MR) is 82.8 cm³/mol. The van der Waals surface area contributed by atoms with E-state index in [9.17, 15) is 8.42 Å². The van der Waals surface area contributed by atoms with Gasteiger partial charge in [-0.15, -0.1) is 0 Å². The number of rotatable bonds is 5. The number of aryl methyl sites for hydroxylation is 3. The monoisotopic (exact) mass is 307 g/mol. The summed E-state index contributed by atoms with van der Waals surface area (Å²) < 4.78 is 33.1. The van der Waals surface area contributed by atoms with E-state index in [0.29, 0.717) is 11.3 Å². The van der Waals surface area contributed by atoms with Gasteiger partial charge in [0.1, 0.15) is 5.76 Å². The van der Waals surface area contributed by atoms with Crippen LogP contribution in [0, 0.1) is 20.8 Å². The Morgan fingerprint density at radius 2 is 1.81 bits per heavy atom. The first-order chi connectivity index (χ1) is 9.79. The van der Waals surface area contributed by atoms with Crippen molar-refractivity contribution in [3.8, 4) is 0 Å². The highest BCUT2D eigenvalue weighted by Gasteiger charge is 2.22. The second-order valence-electron chi connectivity index (χ2n) is 5.53. The molecule has 0 radical (unpaired) electrons. The average molecular weight is 307 g/mol. The number of hydrogen-bond acceptors (Lipinski definition) is 3. The van der Waals surface area contributed by atoms with Crippen molar-refractivity contribution in [2.75, 3.05) is 0 Å². The minimum absolute atomic E-state index is 0.235. The first-order valence-corrected chi connectivity index (χ1v) is 8.40. The maximum Gasteiger partial charge on any atom is 0.241 e. The van der Waals surface area contributed by atoms with Gasteiger partial charge >= 0.3 is 0 Å². The lowest BCUT2D eigenvalue weighted by molar-refractivity contribution is 0.479. The van der Waals surface area contributed by atoms with Crippen LogP contribution in [0.3, 0.4) is 0 Å². The van der Waals surface area contributed by atoms with Crippen LogP contribution in [-0.4, -0.2) is 14.5 Å². The van der Waals surface area contributed by atoms with E-state index in [1.165, 1.54) is 0 Å². The molecular weight excluding hydrogens is 286 g/mol. The molecule has 1 heterocycles. The van der Waals surface area contributed by atoms with Crippen LogP contribution in [0.4, 0.5) is 0 Å². The zero-order chi connectivity index (χ0) is 15.6. The molecule has 0 aliphatic heterocycles. The normalized spacial score (nSPS) is 13.3. The number of benzene rings is 1. The SMILES string of the molecule is Cc1cc(C)c(S(=O)(=O)NC(C)Cc2ccco2)c(C)c1. The fraction of sp³-hybridized carbons (Fsp3) is 0.375. The van der Waals surface area contributed by atoms with Gasteiger partial charge in [0, 0.05) is 12.5 Å². The van der Waals surface area contributed by atoms with Crippen LogP contribution in [0.15, 0.2) is 39.8 Å². The standard InChI is InChI=1S/C16H21NO3S/c1-11-8-12(2)16(13(3)9-11)21(18,19)17-14(4)10-15-6-5-7-20-15/h5-9,14,17H,10H2,1-4H3. The molecule has 1 aromatic heterocycles. The lowest BCUT2D eigenvalue weighted by atomic mass is 10.1. The molecule has 1 N–H and O–H groups in total. The van der Waals surface area contributed by atoms with Crippen LogP contribution in [0.1, 0.15) is 29.4 Å². The molecule has 21 heavy (non-hydrogen) atoms. The van der Waals surface area contributed by atoms with Crippen molar-refractivity contribution in [2.24, 2.45) is 0 Å². The smallest absolute Gasteiger partial charge is 0.241 e. The average Bonchev–Trinajstić information content (AvgIpc) is 2.78. The minimum atomic E-state index is -3.53. The van der Waals surface area contributed by atoms with Gasteiger partial charge in [-0.2, -0.15) is 0 Å². The molecule has 0 bridgehead atoms. The van der Waals surface area contributed by atoms with E-state index < -0.39 is 10.0 Å². The molecular formula is C16H21NO3S. The Kier molecular flexibility index (Phi) is 4.54. The van der Waals surface area contributed by atoms with E-state index in [1.54, 1.807) is 12.3 Å². The number of sulfonamides is 1. The third-order valence-electron chi connectivity index (χ3n) is 3.32. The Labute approximate surface area is 126 Å². The van der Waals surface area contributed by atoms with Crippen molar-refractivity contribution in [1.82, 2.24) is 4.72 Å². The molecule has 0 fully saturated rings. The summed E-state index contributed by atoms with van der Waals surface area (Å²) in [4.78, 5) is 0.374. The molecule has 2 aromatic rings. The summed E-state index contributed by atoms with van der Waals surface area (Å²) in [6.45, 7) is 7.44. The molecule has 4 nitrogen and oxygen atoms in total. The molecule has 1 unspecified atom stereocenters. The zero-order valence-electron chi connectivity index (χ0n) is 12.8. The maximum atomic E-state index is 12.6. The molecule has 0 saturated heterocycles. The molecule has 1 atom stereocenters. The minimum Gasteiger partial charge on any atom is -0.469 e. The molecule has 0 amide bonds. The third kappa shape index (κ3) is 3.74. The third-order valence-corrected chi connectivity index (χ3v) is 5.21. The van der Waals surface area contributed by atoms with Gasteiger partial charge < -0.3 is 4.42 Å². The first-order valence-electron chi connectivity index (χ1n) is 6.92. The van der Waals surface area contributed by atoms with Crippen molar-refractivity contribution in [2.45, 2.75) is 45.1 Å². The fourth-order valence-electron chi connectivity index (χ4n) is 2.69. The van der Waals surface area contributed by atoms with E-state index in [0.717, 1.165) is 22.5 Å². The highest BCUT2D eigenvalue weighted by Crippen LogP contribution is 2.22. The summed E-state index contributed by atoms with van der Waals surface area (Å²) in [7, 11) is -3.53. The van der Waals surface area contributed by atoms with Crippen LogP contribution in [0.2, 0.25) is 0 Å². The Hall–Kier alpha value is -1.59. The second kappa shape index (κ2) is 6.03. The molecule has 0 aliphatic carbocycles. The van der Waals surface area contributed by atoms with Crippen molar-refractivity contribution in [3.63, 3.8) is 0 Å². The Morgan fingerprint density at radius 3 is 2.33 bits per heavy atom. The quantitative estimate of drug-likeness (QED) is 0.923. The molecule has 0 aliphatic rings. The summed E-state index contributed by atoms with van der Waals surface area (Å²) in [6.07, 6.45) is 2.11.